The molecule has 0 saturated heterocycles. The fraction of sp³-hybridized carbons (Fsp3) is 0.288. The number of allylic oxidation sites excluding steroid dienone is 4. The molecule has 3 unspecified atom stereocenters. The summed E-state index contributed by atoms with van der Waals surface area (Å²) in [6.07, 6.45) is 15.2. The summed E-state index contributed by atoms with van der Waals surface area (Å²) in [5.74, 6) is 1.23. The van der Waals surface area contributed by atoms with Gasteiger partial charge in [-0.1, -0.05) is 218 Å². The zero-order valence-electron chi connectivity index (χ0n) is 45.7. The Kier molecular flexibility index (Phi) is 13.5. The zero-order chi connectivity index (χ0) is 52.8. The molecule has 8 aromatic rings. The highest BCUT2D eigenvalue weighted by Crippen LogP contribution is 2.63. The molecule has 4 aliphatic carbocycles. The molecule has 4 nitrogen and oxygen atoms in total. The molecule has 388 valence electrons. The van der Waals surface area contributed by atoms with E-state index < -0.39 is 10.8 Å². The number of nitrogens with zero attached hydrogens (tertiary/aromatic N) is 1. The molecule has 0 radical (unpaired) electrons. The molecular formula is C73H73NO3. The lowest BCUT2D eigenvalue weighted by Crippen LogP contribution is -2.31. The molecule has 8 aromatic carbocycles. The normalized spacial score (nSPS) is 19.0. The quantitative estimate of drug-likeness (QED) is 0.0773. The van der Waals surface area contributed by atoms with E-state index >= 15 is 0 Å². The van der Waals surface area contributed by atoms with Crippen molar-refractivity contribution in [2.45, 2.75) is 96.3 Å². The van der Waals surface area contributed by atoms with Gasteiger partial charge in [-0.25, -0.2) is 0 Å². The molecule has 0 saturated carbocycles. The average molecular weight is 1010 g/mol. The number of aryl methyl sites for hydroxylation is 1. The van der Waals surface area contributed by atoms with Crippen LogP contribution in [0, 0.1) is 10.8 Å². The Labute approximate surface area is 457 Å². The molecule has 77 heavy (non-hydrogen) atoms. The molecule has 1 N–H and O–H groups in total. The van der Waals surface area contributed by atoms with Crippen molar-refractivity contribution in [3.8, 4) is 28.0 Å². The van der Waals surface area contributed by atoms with Crippen LogP contribution in [-0.2, 0) is 22.0 Å². The van der Waals surface area contributed by atoms with Crippen molar-refractivity contribution in [2.24, 2.45) is 10.8 Å². The first-order valence-electron chi connectivity index (χ1n) is 28.5. The van der Waals surface area contributed by atoms with Crippen molar-refractivity contribution in [1.29, 1.82) is 0 Å². The van der Waals surface area contributed by atoms with Gasteiger partial charge in [0, 0.05) is 34.5 Å². The van der Waals surface area contributed by atoms with Crippen LogP contribution in [-0.4, -0.2) is 31.5 Å². The van der Waals surface area contributed by atoms with Gasteiger partial charge in [0.2, 0.25) is 0 Å². The van der Waals surface area contributed by atoms with Crippen LogP contribution in [0.5, 0.6) is 5.75 Å². The van der Waals surface area contributed by atoms with Crippen molar-refractivity contribution < 1.29 is 14.6 Å². The monoisotopic (exact) mass is 1010 g/mol. The summed E-state index contributed by atoms with van der Waals surface area (Å²) in [6.45, 7) is 13.3. The third-order valence-electron chi connectivity index (χ3n) is 17.8. The predicted octanol–water partition coefficient (Wildman–Crippen LogP) is 17.8. The lowest BCUT2D eigenvalue weighted by Gasteiger charge is -2.38. The molecule has 0 amide bonds. The first-order chi connectivity index (χ1) is 37.6. The fourth-order valence-corrected chi connectivity index (χ4v) is 13.4. The second-order valence-corrected chi connectivity index (χ2v) is 23.3. The van der Waals surface area contributed by atoms with Gasteiger partial charge in [0.25, 0.3) is 0 Å². The number of aliphatic hydroxyl groups is 1. The number of hydrogen-bond acceptors (Lipinski definition) is 4. The van der Waals surface area contributed by atoms with Crippen molar-refractivity contribution in [2.75, 3.05) is 31.3 Å². The number of rotatable bonds is 20. The summed E-state index contributed by atoms with van der Waals surface area (Å²) >= 11 is 0. The van der Waals surface area contributed by atoms with E-state index in [9.17, 15) is 5.11 Å². The average Bonchev–Trinajstić information content (AvgIpc) is 4.13. The van der Waals surface area contributed by atoms with Crippen LogP contribution in [0.2, 0.25) is 0 Å². The molecule has 4 heteroatoms. The smallest absolute Gasteiger partial charge is 0.119 e. The van der Waals surface area contributed by atoms with Gasteiger partial charge in [0.15, 0.2) is 0 Å². The van der Waals surface area contributed by atoms with Crippen LogP contribution in [0.3, 0.4) is 0 Å². The Hall–Kier alpha value is -7.24. The zero-order valence-corrected chi connectivity index (χ0v) is 45.7. The minimum atomic E-state index is -0.553. The minimum absolute atomic E-state index is 0.106. The van der Waals surface area contributed by atoms with Crippen molar-refractivity contribution >= 4 is 17.1 Å². The van der Waals surface area contributed by atoms with Gasteiger partial charge in [0.1, 0.15) is 5.75 Å². The third kappa shape index (κ3) is 8.69. The first-order valence-corrected chi connectivity index (χ1v) is 28.5. The van der Waals surface area contributed by atoms with E-state index in [2.05, 4.69) is 232 Å². The van der Waals surface area contributed by atoms with E-state index in [-0.39, 0.29) is 17.4 Å². The van der Waals surface area contributed by atoms with Crippen molar-refractivity contribution in [1.82, 2.24) is 0 Å². The molecule has 4 bridgehead atoms. The van der Waals surface area contributed by atoms with Crippen LogP contribution in [0.15, 0.2) is 212 Å². The molecule has 3 atom stereocenters. The maximum Gasteiger partial charge on any atom is 0.119 e. The summed E-state index contributed by atoms with van der Waals surface area (Å²) in [5, 5.41) is 9.51. The number of hydrogen-bond donors (Lipinski definition) is 1. The van der Waals surface area contributed by atoms with Gasteiger partial charge in [-0.3, -0.25) is 0 Å². The second-order valence-electron chi connectivity index (χ2n) is 23.3. The van der Waals surface area contributed by atoms with Crippen molar-refractivity contribution in [3.05, 3.63) is 262 Å². The molecular weight excluding hydrogens is 939 g/mol. The Morgan fingerprint density at radius 1 is 0.532 bits per heavy atom. The van der Waals surface area contributed by atoms with E-state index in [4.69, 9.17) is 9.47 Å². The van der Waals surface area contributed by atoms with Crippen LogP contribution in [0.25, 0.3) is 22.3 Å². The Morgan fingerprint density at radius 3 is 1.61 bits per heavy atom. The SMILES string of the molecule is CCc1ccc2c(c1)C(c1ccccc1)(c1ccccc1)c1cc(N(c3ccc(OCCCCCCCCOCC(C)(C)CO)cc3)c3ccc4c(c3)C3(c5ccccc5)C5=CC(C)(C=C5)C(C)c5ccc-4c3c5)ccc1-2. The highest BCUT2D eigenvalue weighted by Gasteiger charge is 2.51. The number of aliphatic hydroxyl groups excluding tert-OH is 1. The van der Waals surface area contributed by atoms with Crippen LogP contribution in [0.4, 0.5) is 17.1 Å². The van der Waals surface area contributed by atoms with Crippen LogP contribution in [0.1, 0.15) is 129 Å². The minimum Gasteiger partial charge on any atom is -0.494 e. The maximum atomic E-state index is 9.51. The fourth-order valence-electron chi connectivity index (χ4n) is 13.4. The molecule has 0 spiro atoms. The summed E-state index contributed by atoms with van der Waals surface area (Å²) in [4.78, 5) is 2.49. The number of unbranched alkanes of at least 4 members (excludes halogenated alkanes) is 5. The molecule has 0 aromatic heterocycles. The second kappa shape index (κ2) is 20.6. The molecule has 4 aliphatic rings. The molecule has 0 aliphatic heterocycles. The number of anilines is 3. The topological polar surface area (TPSA) is 41.9 Å². The largest absolute Gasteiger partial charge is 0.494 e. The third-order valence-corrected chi connectivity index (χ3v) is 17.8. The summed E-state index contributed by atoms with van der Waals surface area (Å²) in [6, 6.07) is 71.5. The van der Waals surface area contributed by atoms with E-state index in [0.29, 0.717) is 19.1 Å². The standard InChI is InChI=1S/C73H73NO3/c1-6-52-28-36-62-64-38-32-59(46-68(64)72(66(62)44-52,54-22-14-11-15-23-54)55-24-16-12-17-25-55)74(58-30-34-61(35-31-58)77-43-21-10-8-7-9-20-42-76-50-70(3,4)49-75)60-33-39-65-63-37-29-53-45-67(63)73(69(65)47-60,56-26-18-13-19-27-56)57-40-41-71(5,48-57)51(53)2/h11-19,22-41,44-48,51,75H,6-10,20-21,42-43,49-50H2,1-5H3. The highest BCUT2D eigenvalue weighted by atomic mass is 16.5. The summed E-state index contributed by atoms with van der Waals surface area (Å²) < 4.78 is 12.3. The molecule has 0 heterocycles. The molecule has 0 fully saturated rings. The van der Waals surface area contributed by atoms with Gasteiger partial charge >= 0.3 is 0 Å². The van der Waals surface area contributed by atoms with E-state index in [1.54, 1.807) is 0 Å². The molecule has 12 rings (SSSR count). The van der Waals surface area contributed by atoms with Gasteiger partial charge < -0.3 is 19.5 Å². The van der Waals surface area contributed by atoms with E-state index in [1.165, 1.54) is 90.7 Å². The maximum absolute atomic E-state index is 9.51. The Balaban J connectivity index is 0.948. The first kappa shape index (κ1) is 50.6. The van der Waals surface area contributed by atoms with E-state index in [1.807, 2.05) is 13.8 Å². The van der Waals surface area contributed by atoms with Gasteiger partial charge in [0.05, 0.1) is 30.7 Å². The number of fused-ring (bicyclic) bond motifs is 9. The Bertz CT molecular complexity index is 3440. The Morgan fingerprint density at radius 2 is 1.03 bits per heavy atom. The van der Waals surface area contributed by atoms with Gasteiger partial charge in [-0.15, -0.1) is 0 Å². The predicted molar refractivity (Wildman–Crippen MR) is 318 cm³/mol. The van der Waals surface area contributed by atoms with Crippen LogP contribution >= 0.6 is 0 Å². The van der Waals surface area contributed by atoms with Crippen LogP contribution < -0.4 is 9.64 Å². The van der Waals surface area contributed by atoms with Crippen molar-refractivity contribution in [3.63, 3.8) is 0 Å². The summed E-state index contributed by atoms with van der Waals surface area (Å²) in [7, 11) is 0. The van der Waals surface area contributed by atoms with Gasteiger partial charge in [-0.05, 0) is 152 Å². The van der Waals surface area contributed by atoms with Gasteiger partial charge in [-0.2, -0.15) is 0 Å². The highest BCUT2D eigenvalue weighted by molar-refractivity contribution is 5.93. The number of ether oxygens (including phenoxy) is 2. The lowest BCUT2D eigenvalue weighted by atomic mass is 9.64. The number of benzene rings is 8. The van der Waals surface area contributed by atoms with E-state index in [0.717, 1.165) is 61.5 Å². The summed E-state index contributed by atoms with van der Waals surface area (Å²) in [5.41, 5.74) is 20.3. The lowest BCUT2D eigenvalue weighted by molar-refractivity contribution is 0.0265.